The predicted molar refractivity (Wildman–Crippen MR) is 108 cm³/mol. The van der Waals surface area contributed by atoms with Gasteiger partial charge >= 0.3 is 0 Å². The van der Waals surface area contributed by atoms with Crippen LogP contribution in [0.5, 0.6) is 0 Å². The van der Waals surface area contributed by atoms with E-state index in [0.717, 1.165) is 31.0 Å². The lowest BCUT2D eigenvalue weighted by atomic mass is 10.1. The number of anilines is 1. The van der Waals surface area contributed by atoms with Gasteiger partial charge in [-0.05, 0) is 37.1 Å². The van der Waals surface area contributed by atoms with Gasteiger partial charge in [0.2, 0.25) is 0 Å². The second kappa shape index (κ2) is 7.85. The van der Waals surface area contributed by atoms with E-state index in [1.165, 1.54) is 22.9 Å². The summed E-state index contributed by atoms with van der Waals surface area (Å²) < 4.78 is 0. The molecule has 0 saturated carbocycles. The number of nitrogens with one attached hydrogen (secondary N) is 1. The van der Waals surface area contributed by atoms with E-state index in [-0.39, 0.29) is 12.4 Å². The Kier molecular flexibility index (Phi) is 5.57. The second-order valence-corrected chi connectivity index (χ2v) is 6.66. The maximum Gasteiger partial charge on any atom is 0.129 e. The lowest BCUT2D eigenvalue weighted by Crippen LogP contribution is -2.32. The van der Waals surface area contributed by atoms with Crippen LogP contribution in [0.1, 0.15) is 17.5 Å². The second-order valence-electron chi connectivity index (χ2n) is 6.66. The number of nitrogens with zero attached hydrogens (tertiary/aromatic N) is 2. The minimum atomic E-state index is 0. The van der Waals surface area contributed by atoms with E-state index in [9.17, 15) is 0 Å². The van der Waals surface area contributed by atoms with Gasteiger partial charge in [0.1, 0.15) is 5.82 Å². The number of halogens is 1. The van der Waals surface area contributed by atoms with Crippen molar-refractivity contribution in [1.29, 1.82) is 0 Å². The summed E-state index contributed by atoms with van der Waals surface area (Å²) in [5.74, 6) is 1.09. The molecule has 1 fully saturated rings. The molecule has 0 spiro atoms. The third-order valence-corrected chi connectivity index (χ3v) is 4.81. The Balaban J connectivity index is 0.00000182. The highest BCUT2D eigenvalue weighted by Crippen LogP contribution is 2.22. The molecular weight excluding hydrogens is 330 g/mol. The lowest BCUT2D eigenvalue weighted by Gasteiger charge is -2.18. The van der Waals surface area contributed by atoms with E-state index in [1.54, 1.807) is 0 Å². The van der Waals surface area contributed by atoms with Crippen LogP contribution in [-0.2, 0) is 6.54 Å². The summed E-state index contributed by atoms with van der Waals surface area (Å²) >= 11 is 0. The molecule has 0 aliphatic carbocycles. The first-order valence-corrected chi connectivity index (χ1v) is 8.67. The first-order valence-electron chi connectivity index (χ1n) is 8.67. The normalized spacial score (nSPS) is 16.8. The first-order chi connectivity index (χ1) is 11.8. The number of pyridine rings is 1. The third kappa shape index (κ3) is 4.12. The fourth-order valence-corrected chi connectivity index (χ4v) is 3.33. The van der Waals surface area contributed by atoms with Gasteiger partial charge in [0, 0.05) is 31.1 Å². The number of aryl methyl sites for hydroxylation is 1. The molecule has 2 aromatic carbocycles. The van der Waals surface area contributed by atoms with Crippen LogP contribution in [0.2, 0.25) is 0 Å². The highest BCUT2D eigenvalue weighted by atomic mass is 35.5. The van der Waals surface area contributed by atoms with Gasteiger partial charge in [0.05, 0.1) is 5.52 Å². The molecule has 1 saturated heterocycles. The molecule has 4 rings (SSSR count). The van der Waals surface area contributed by atoms with Crippen LogP contribution in [0.15, 0.2) is 60.7 Å². The molecule has 3 nitrogen and oxygen atoms in total. The summed E-state index contributed by atoms with van der Waals surface area (Å²) in [6.07, 6.45) is 1.17. The molecule has 1 atom stereocenters. The minimum absolute atomic E-state index is 0. The average molecular weight is 354 g/mol. The van der Waals surface area contributed by atoms with Crippen molar-refractivity contribution in [2.45, 2.75) is 25.9 Å². The number of hydrogen-bond donors (Lipinski definition) is 1. The van der Waals surface area contributed by atoms with Gasteiger partial charge in [-0.2, -0.15) is 0 Å². The fraction of sp³-hybridized carbons (Fsp3) is 0.286. The molecule has 1 aliphatic heterocycles. The van der Waals surface area contributed by atoms with Crippen molar-refractivity contribution in [2.75, 3.05) is 18.0 Å². The lowest BCUT2D eigenvalue weighted by molar-refractivity contribution is 0.551. The number of rotatable bonds is 4. The van der Waals surface area contributed by atoms with Crippen molar-refractivity contribution in [3.05, 3.63) is 71.8 Å². The highest BCUT2D eigenvalue weighted by molar-refractivity contribution is 5.85. The number of benzene rings is 2. The summed E-state index contributed by atoms with van der Waals surface area (Å²) in [5, 5.41) is 4.89. The van der Waals surface area contributed by atoms with E-state index in [4.69, 9.17) is 4.98 Å². The molecule has 0 bridgehead atoms. The van der Waals surface area contributed by atoms with Crippen molar-refractivity contribution >= 4 is 29.1 Å². The number of aromatic nitrogens is 1. The highest BCUT2D eigenvalue weighted by Gasteiger charge is 2.23. The van der Waals surface area contributed by atoms with Gasteiger partial charge in [0.15, 0.2) is 0 Å². The van der Waals surface area contributed by atoms with Gasteiger partial charge in [-0.3, -0.25) is 0 Å². The van der Waals surface area contributed by atoms with Gasteiger partial charge in [0.25, 0.3) is 0 Å². The van der Waals surface area contributed by atoms with E-state index >= 15 is 0 Å². The molecule has 1 unspecified atom stereocenters. The van der Waals surface area contributed by atoms with E-state index < -0.39 is 0 Å². The molecule has 130 valence electrons. The molecule has 1 aliphatic rings. The molecule has 4 heteroatoms. The summed E-state index contributed by atoms with van der Waals surface area (Å²) in [5.41, 5.74) is 3.74. The summed E-state index contributed by atoms with van der Waals surface area (Å²) in [6.45, 7) is 5.15. The molecular formula is C21H24ClN3. The zero-order valence-corrected chi connectivity index (χ0v) is 15.3. The van der Waals surface area contributed by atoms with Crippen LogP contribution in [0.4, 0.5) is 5.82 Å². The Labute approximate surface area is 155 Å². The van der Waals surface area contributed by atoms with Crippen LogP contribution in [0.25, 0.3) is 10.9 Å². The van der Waals surface area contributed by atoms with Crippen LogP contribution in [0, 0.1) is 6.92 Å². The van der Waals surface area contributed by atoms with Crippen LogP contribution < -0.4 is 10.2 Å². The number of hydrogen-bond acceptors (Lipinski definition) is 3. The van der Waals surface area contributed by atoms with Crippen LogP contribution >= 0.6 is 12.4 Å². The largest absolute Gasteiger partial charge is 0.355 e. The average Bonchev–Trinajstić information content (AvgIpc) is 3.10. The van der Waals surface area contributed by atoms with Crippen molar-refractivity contribution in [2.24, 2.45) is 0 Å². The topological polar surface area (TPSA) is 28.2 Å². The molecule has 0 amide bonds. The Morgan fingerprint density at radius 1 is 1.04 bits per heavy atom. The van der Waals surface area contributed by atoms with Gasteiger partial charge in [-0.25, -0.2) is 4.98 Å². The van der Waals surface area contributed by atoms with Gasteiger partial charge in [-0.1, -0.05) is 48.0 Å². The quantitative estimate of drug-likeness (QED) is 0.756. The SMILES string of the molecule is Cc1ccc(CNC2CCN(c3ccc4ccccc4n3)C2)cc1.Cl. The van der Waals surface area contributed by atoms with Gasteiger partial charge < -0.3 is 10.2 Å². The van der Waals surface area contributed by atoms with Gasteiger partial charge in [-0.15, -0.1) is 12.4 Å². The van der Waals surface area contributed by atoms with Crippen molar-refractivity contribution in [3.8, 4) is 0 Å². The Bertz CT molecular complexity index is 832. The third-order valence-electron chi connectivity index (χ3n) is 4.81. The maximum absolute atomic E-state index is 4.82. The Hall–Kier alpha value is -2.10. The fourth-order valence-electron chi connectivity index (χ4n) is 3.33. The smallest absolute Gasteiger partial charge is 0.129 e. The minimum Gasteiger partial charge on any atom is -0.355 e. The molecule has 0 radical (unpaired) electrons. The molecule has 2 heterocycles. The number of para-hydroxylation sites is 1. The molecule has 3 aromatic rings. The zero-order valence-electron chi connectivity index (χ0n) is 14.5. The summed E-state index contributed by atoms with van der Waals surface area (Å²) in [4.78, 5) is 7.21. The molecule has 1 N–H and O–H groups in total. The predicted octanol–water partition coefficient (Wildman–Crippen LogP) is 4.33. The van der Waals surface area contributed by atoms with Crippen LogP contribution in [0.3, 0.4) is 0 Å². The summed E-state index contributed by atoms with van der Waals surface area (Å²) in [6, 6.07) is 21.9. The monoisotopic (exact) mass is 353 g/mol. The molecule has 1 aromatic heterocycles. The number of fused-ring (bicyclic) bond motifs is 1. The van der Waals surface area contributed by atoms with E-state index in [2.05, 4.69) is 77.8 Å². The molecule has 25 heavy (non-hydrogen) atoms. The van der Waals surface area contributed by atoms with Crippen LogP contribution in [-0.4, -0.2) is 24.1 Å². The van der Waals surface area contributed by atoms with E-state index in [0.29, 0.717) is 6.04 Å². The standard InChI is InChI=1S/C21H23N3.ClH/c1-16-6-8-17(9-7-16)14-22-19-12-13-24(15-19)21-11-10-18-4-2-3-5-20(18)23-21;/h2-11,19,22H,12-15H2,1H3;1H. The summed E-state index contributed by atoms with van der Waals surface area (Å²) in [7, 11) is 0. The Morgan fingerprint density at radius 2 is 1.84 bits per heavy atom. The first kappa shape index (κ1) is 17.7. The van der Waals surface area contributed by atoms with E-state index in [1.807, 2.05) is 0 Å². The van der Waals surface area contributed by atoms with Crippen molar-refractivity contribution in [3.63, 3.8) is 0 Å². The van der Waals surface area contributed by atoms with Crippen molar-refractivity contribution in [1.82, 2.24) is 10.3 Å². The maximum atomic E-state index is 4.82. The van der Waals surface area contributed by atoms with Crippen molar-refractivity contribution < 1.29 is 0 Å². The Morgan fingerprint density at radius 3 is 2.68 bits per heavy atom. The zero-order chi connectivity index (χ0) is 16.4.